The first-order valence-corrected chi connectivity index (χ1v) is 10.7. The van der Waals surface area contributed by atoms with E-state index in [0.29, 0.717) is 17.6 Å². The average molecular weight is 379 g/mol. The SMILES string of the molecule is CCCCCC1CCC(C2CC=C(c3ccc(C)c(Cl)c3F)CC2)OC1. The number of hydrogen-bond acceptors (Lipinski definition) is 1. The minimum absolute atomic E-state index is 0.259. The number of allylic oxidation sites excluding steroid dienone is 2. The zero-order valence-corrected chi connectivity index (χ0v) is 17.0. The molecule has 3 heteroatoms. The van der Waals surface area contributed by atoms with Crippen LogP contribution in [-0.4, -0.2) is 12.7 Å². The van der Waals surface area contributed by atoms with Gasteiger partial charge in [0.05, 0.1) is 11.1 Å². The molecule has 3 rings (SSSR count). The molecule has 0 saturated carbocycles. The van der Waals surface area contributed by atoms with E-state index in [1.165, 1.54) is 38.5 Å². The van der Waals surface area contributed by atoms with Gasteiger partial charge in [-0.05, 0) is 68.4 Å². The molecule has 3 atom stereocenters. The number of hydrogen-bond donors (Lipinski definition) is 0. The quantitative estimate of drug-likeness (QED) is 0.470. The molecule has 0 bridgehead atoms. The van der Waals surface area contributed by atoms with Gasteiger partial charge in [-0.25, -0.2) is 4.39 Å². The highest BCUT2D eigenvalue weighted by Crippen LogP contribution is 2.38. The molecular weight excluding hydrogens is 347 g/mol. The summed E-state index contributed by atoms with van der Waals surface area (Å²) in [6, 6.07) is 3.79. The van der Waals surface area contributed by atoms with Crippen LogP contribution in [0.25, 0.3) is 5.57 Å². The first-order chi connectivity index (χ1) is 12.6. The van der Waals surface area contributed by atoms with Crippen LogP contribution in [0.2, 0.25) is 5.02 Å². The summed E-state index contributed by atoms with van der Waals surface area (Å²) in [7, 11) is 0. The van der Waals surface area contributed by atoms with Gasteiger partial charge in [0.1, 0.15) is 5.82 Å². The lowest BCUT2D eigenvalue weighted by Gasteiger charge is -2.35. The number of halogens is 2. The monoisotopic (exact) mass is 378 g/mol. The second-order valence-corrected chi connectivity index (χ2v) is 8.51. The Labute approximate surface area is 163 Å². The standard InChI is InChI=1S/C23H32ClFO/c1-3-4-5-6-17-8-14-21(26-15-17)19-11-9-18(10-12-19)20-13-7-16(2)22(24)23(20)25/h7,9,13,17,19,21H,3-6,8,10-12,14-15H2,1-2H3. The molecule has 2 aliphatic rings. The van der Waals surface area contributed by atoms with Gasteiger partial charge in [0, 0.05) is 12.2 Å². The highest BCUT2D eigenvalue weighted by Gasteiger charge is 2.30. The minimum Gasteiger partial charge on any atom is -0.378 e. The summed E-state index contributed by atoms with van der Waals surface area (Å²) < 4.78 is 20.7. The highest BCUT2D eigenvalue weighted by molar-refractivity contribution is 6.31. The van der Waals surface area contributed by atoms with E-state index in [2.05, 4.69) is 13.0 Å². The normalized spacial score (nSPS) is 26.6. The maximum absolute atomic E-state index is 14.5. The van der Waals surface area contributed by atoms with E-state index in [1.54, 1.807) is 0 Å². The Morgan fingerprint density at radius 3 is 2.69 bits per heavy atom. The van der Waals surface area contributed by atoms with E-state index < -0.39 is 0 Å². The van der Waals surface area contributed by atoms with Crippen molar-refractivity contribution in [2.45, 2.75) is 77.7 Å². The van der Waals surface area contributed by atoms with Crippen LogP contribution in [0.3, 0.4) is 0 Å². The van der Waals surface area contributed by atoms with Gasteiger partial charge in [0.2, 0.25) is 0 Å². The molecule has 0 aromatic heterocycles. The van der Waals surface area contributed by atoms with Crippen LogP contribution in [0.15, 0.2) is 18.2 Å². The van der Waals surface area contributed by atoms with Crippen molar-refractivity contribution in [1.29, 1.82) is 0 Å². The third kappa shape index (κ3) is 4.70. The molecule has 0 spiro atoms. The summed E-state index contributed by atoms with van der Waals surface area (Å²) >= 11 is 6.09. The molecule has 1 aliphatic carbocycles. The summed E-state index contributed by atoms with van der Waals surface area (Å²) in [5.74, 6) is 1.08. The third-order valence-electron chi connectivity index (χ3n) is 6.22. The average Bonchev–Trinajstić information content (AvgIpc) is 2.67. The maximum atomic E-state index is 14.5. The molecule has 1 aromatic rings. The van der Waals surface area contributed by atoms with Crippen LogP contribution >= 0.6 is 11.6 Å². The van der Waals surface area contributed by atoms with Crippen LogP contribution in [0.5, 0.6) is 0 Å². The molecule has 1 heterocycles. The second kappa shape index (κ2) is 9.37. The van der Waals surface area contributed by atoms with Crippen molar-refractivity contribution < 1.29 is 9.13 Å². The molecule has 0 N–H and O–H groups in total. The molecule has 0 amide bonds. The predicted molar refractivity (Wildman–Crippen MR) is 108 cm³/mol. The van der Waals surface area contributed by atoms with Gasteiger partial charge in [-0.15, -0.1) is 0 Å². The molecule has 3 unspecified atom stereocenters. The molecule has 1 fully saturated rings. The van der Waals surface area contributed by atoms with Crippen molar-refractivity contribution >= 4 is 17.2 Å². The molecular formula is C23H32ClFO. The highest BCUT2D eigenvalue weighted by atomic mass is 35.5. The van der Waals surface area contributed by atoms with Crippen LogP contribution in [0.1, 0.15) is 75.8 Å². The van der Waals surface area contributed by atoms with Gasteiger partial charge in [-0.2, -0.15) is 0 Å². The van der Waals surface area contributed by atoms with E-state index in [-0.39, 0.29) is 10.8 Å². The zero-order valence-electron chi connectivity index (χ0n) is 16.2. The van der Waals surface area contributed by atoms with E-state index in [1.807, 2.05) is 19.1 Å². The Kier molecular flexibility index (Phi) is 7.17. The molecule has 144 valence electrons. The first kappa shape index (κ1) is 19.9. The first-order valence-electron chi connectivity index (χ1n) is 10.4. The van der Waals surface area contributed by atoms with Gasteiger partial charge in [-0.1, -0.05) is 56.0 Å². The minimum atomic E-state index is -0.264. The molecule has 1 saturated heterocycles. The molecule has 1 aliphatic heterocycles. The number of aryl methyl sites for hydroxylation is 1. The van der Waals surface area contributed by atoms with Gasteiger partial charge in [0.25, 0.3) is 0 Å². The van der Waals surface area contributed by atoms with E-state index in [0.717, 1.165) is 42.9 Å². The topological polar surface area (TPSA) is 9.23 Å². The van der Waals surface area contributed by atoms with E-state index in [4.69, 9.17) is 16.3 Å². The Balaban J connectivity index is 1.53. The van der Waals surface area contributed by atoms with Crippen molar-refractivity contribution in [2.75, 3.05) is 6.61 Å². The van der Waals surface area contributed by atoms with Crippen molar-refractivity contribution in [3.05, 3.63) is 40.2 Å². The van der Waals surface area contributed by atoms with Gasteiger partial charge in [0.15, 0.2) is 0 Å². The maximum Gasteiger partial charge on any atom is 0.149 e. The number of benzene rings is 1. The third-order valence-corrected chi connectivity index (χ3v) is 6.68. The van der Waals surface area contributed by atoms with Crippen LogP contribution < -0.4 is 0 Å². The van der Waals surface area contributed by atoms with E-state index in [9.17, 15) is 4.39 Å². The largest absolute Gasteiger partial charge is 0.378 e. The van der Waals surface area contributed by atoms with Gasteiger partial charge >= 0.3 is 0 Å². The summed E-state index contributed by atoms with van der Waals surface area (Å²) in [5, 5.41) is 0.259. The molecule has 0 radical (unpaired) electrons. The zero-order chi connectivity index (χ0) is 18.5. The lowest BCUT2D eigenvalue weighted by atomic mass is 9.80. The Morgan fingerprint density at radius 2 is 2.04 bits per heavy atom. The summed E-state index contributed by atoms with van der Waals surface area (Å²) in [4.78, 5) is 0. The fraction of sp³-hybridized carbons (Fsp3) is 0.652. The molecule has 1 nitrogen and oxygen atoms in total. The smallest absolute Gasteiger partial charge is 0.149 e. The van der Waals surface area contributed by atoms with Crippen molar-refractivity contribution in [3.63, 3.8) is 0 Å². The van der Waals surface area contributed by atoms with Crippen LogP contribution in [0, 0.1) is 24.6 Å². The Bertz CT molecular complexity index is 631. The van der Waals surface area contributed by atoms with Crippen LogP contribution in [-0.2, 0) is 4.74 Å². The van der Waals surface area contributed by atoms with Crippen molar-refractivity contribution in [2.24, 2.45) is 11.8 Å². The number of rotatable bonds is 6. The predicted octanol–water partition coefficient (Wildman–Crippen LogP) is 7.35. The van der Waals surface area contributed by atoms with Gasteiger partial charge < -0.3 is 4.74 Å². The lowest BCUT2D eigenvalue weighted by molar-refractivity contribution is -0.0507. The number of ether oxygens (including phenoxy) is 1. The van der Waals surface area contributed by atoms with E-state index >= 15 is 0 Å². The lowest BCUT2D eigenvalue weighted by Crippen LogP contribution is -2.32. The van der Waals surface area contributed by atoms with Crippen molar-refractivity contribution in [3.8, 4) is 0 Å². The van der Waals surface area contributed by atoms with Crippen LogP contribution in [0.4, 0.5) is 4.39 Å². The number of unbranched alkanes of at least 4 members (excludes halogenated alkanes) is 2. The fourth-order valence-corrected chi connectivity index (χ4v) is 4.60. The summed E-state index contributed by atoms with van der Waals surface area (Å²) in [5.41, 5.74) is 2.58. The Morgan fingerprint density at radius 1 is 1.19 bits per heavy atom. The van der Waals surface area contributed by atoms with Gasteiger partial charge in [-0.3, -0.25) is 0 Å². The second-order valence-electron chi connectivity index (χ2n) is 8.13. The summed E-state index contributed by atoms with van der Waals surface area (Å²) in [6.07, 6.45) is 13.4. The Hall–Kier alpha value is -0.860. The fourth-order valence-electron chi connectivity index (χ4n) is 4.44. The van der Waals surface area contributed by atoms with Crippen molar-refractivity contribution in [1.82, 2.24) is 0 Å². The molecule has 1 aromatic carbocycles. The summed E-state index contributed by atoms with van der Waals surface area (Å²) in [6.45, 7) is 5.04. The molecule has 26 heavy (non-hydrogen) atoms.